The van der Waals surface area contributed by atoms with Gasteiger partial charge in [-0.1, -0.05) is 46.3 Å². The highest BCUT2D eigenvalue weighted by Crippen LogP contribution is 2.23. The Kier molecular flexibility index (Phi) is 4.83. The third kappa shape index (κ3) is 3.71. The topological polar surface area (TPSA) is 66.4 Å². The minimum absolute atomic E-state index is 0.154. The maximum atomic E-state index is 12.5. The summed E-state index contributed by atoms with van der Waals surface area (Å²) in [7, 11) is -3.73. The standard InChI is InChI=1S/C15H16BrNO3S/c1-15(11-18,12-5-3-2-4-6-12)17-21(19,20)14-9-7-13(16)8-10-14/h2-10,17-18H,11H2,1H3. The molecule has 0 radical (unpaired) electrons. The van der Waals surface area contributed by atoms with Crippen molar-refractivity contribution < 1.29 is 13.5 Å². The van der Waals surface area contributed by atoms with Crippen molar-refractivity contribution in [1.82, 2.24) is 4.72 Å². The Bertz CT molecular complexity index is 701. The predicted octanol–water partition coefficient (Wildman–Crippen LogP) is 2.64. The molecule has 112 valence electrons. The molecule has 2 aromatic rings. The van der Waals surface area contributed by atoms with E-state index in [4.69, 9.17) is 0 Å². The molecular formula is C15H16BrNO3S. The fourth-order valence-corrected chi connectivity index (χ4v) is 3.61. The van der Waals surface area contributed by atoms with E-state index in [0.717, 1.165) is 4.47 Å². The first-order valence-corrected chi connectivity index (χ1v) is 8.61. The molecule has 6 heteroatoms. The smallest absolute Gasteiger partial charge is 0.241 e. The lowest BCUT2D eigenvalue weighted by Gasteiger charge is -2.29. The van der Waals surface area contributed by atoms with Gasteiger partial charge in [-0.2, -0.15) is 4.72 Å². The molecule has 0 saturated carbocycles. The van der Waals surface area contributed by atoms with E-state index in [2.05, 4.69) is 20.7 Å². The van der Waals surface area contributed by atoms with E-state index in [9.17, 15) is 13.5 Å². The van der Waals surface area contributed by atoms with E-state index in [1.807, 2.05) is 6.07 Å². The first-order valence-electron chi connectivity index (χ1n) is 6.33. The summed E-state index contributed by atoms with van der Waals surface area (Å²) in [5.41, 5.74) is -0.374. The molecular weight excluding hydrogens is 354 g/mol. The van der Waals surface area contributed by atoms with Crippen molar-refractivity contribution in [3.63, 3.8) is 0 Å². The van der Waals surface area contributed by atoms with Crippen molar-refractivity contribution in [2.24, 2.45) is 0 Å². The normalized spacial score (nSPS) is 14.6. The molecule has 0 bridgehead atoms. The molecule has 0 aromatic heterocycles. The lowest BCUT2D eigenvalue weighted by Crippen LogP contribution is -2.46. The molecule has 0 aliphatic carbocycles. The van der Waals surface area contributed by atoms with Crippen LogP contribution in [0.1, 0.15) is 12.5 Å². The Labute approximate surface area is 133 Å². The van der Waals surface area contributed by atoms with Crippen molar-refractivity contribution in [1.29, 1.82) is 0 Å². The van der Waals surface area contributed by atoms with Crippen LogP contribution in [0.15, 0.2) is 64.0 Å². The van der Waals surface area contributed by atoms with E-state index >= 15 is 0 Å². The zero-order valence-corrected chi connectivity index (χ0v) is 13.9. The zero-order chi connectivity index (χ0) is 15.5. The van der Waals surface area contributed by atoms with Gasteiger partial charge in [0.15, 0.2) is 0 Å². The molecule has 2 N–H and O–H groups in total. The summed E-state index contributed by atoms with van der Waals surface area (Å²) in [5.74, 6) is 0. The summed E-state index contributed by atoms with van der Waals surface area (Å²) in [6, 6.07) is 15.3. The number of rotatable bonds is 5. The Morgan fingerprint density at radius 1 is 1.10 bits per heavy atom. The second kappa shape index (κ2) is 6.27. The predicted molar refractivity (Wildman–Crippen MR) is 85.3 cm³/mol. The van der Waals surface area contributed by atoms with Crippen LogP contribution in [0.5, 0.6) is 0 Å². The van der Waals surface area contributed by atoms with E-state index in [0.29, 0.717) is 5.56 Å². The Morgan fingerprint density at radius 2 is 1.67 bits per heavy atom. The highest BCUT2D eigenvalue weighted by Gasteiger charge is 2.31. The number of benzene rings is 2. The van der Waals surface area contributed by atoms with Crippen LogP contribution in [-0.2, 0) is 15.6 Å². The van der Waals surface area contributed by atoms with Crippen LogP contribution in [0.4, 0.5) is 0 Å². The third-order valence-electron chi connectivity index (χ3n) is 3.21. The van der Waals surface area contributed by atoms with Gasteiger partial charge in [0.25, 0.3) is 0 Å². The van der Waals surface area contributed by atoms with E-state index < -0.39 is 15.6 Å². The maximum absolute atomic E-state index is 12.5. The van der Waals surface area contributed by atoms with Gasteiger partial charge in [-0.05, 0) is 36.8 Å². The Hall–Kier alpha value is -1.21. The van der Waals surface area contributed by atoms with E-state index in [-0.39, 0.29) is 11.5 Å². The molecule has 2 rings (SSSR count). The van der Waals surface area contributed by atoms with E-state index in [1.54, 1.807) is 43.3 Å². The molecule has 4 nitrogen and oxygen atoms in total. The van der Waals surface area contributed by atoms with Crippen LogP contribution in [0.2, 0.25) is 0 Å². The van der Waals surface area contributed by atoms with Crippen LogP contribution in [0.25, 0.3) is 0 Å². The SMILES string of the molecule is CC(CO)(NS(=O)(=O)c1ccc(Br)cc1)c1ccccc1. The van der Waals surface area contributed by atoms with Gasteiger partial charge in [-0.15, -0.1) is 0 Å². The quantitative estimate of drug-likeness (QED) is 0.851. The summed E-state index contributed by atoms with van der Waals surface area (Å²) in [6.07, 6.45) is 0. The van der Waals surface area contributed by atoms with Crippen molar-refractivity contribution in [2.45, 2.75) is 17.4 Å². The lowest BCUT2D eigenvalue weighted by atomic mass is 9.94. The van der Waals surface area contributed by atoms with Gasteiger partial charge >= 0.3 is 0 Å². The molecule has 1 atom stereocenters. The van der Waals surface area contributed by atoms with Gasteiger partial charge in [-0.25, -0.2) is 8.42 Å². The number of sulfonamides is 1. The minimum Gasteiger partial charge on any atom is -0.394 e. The zero-order valence-electron chi connectivity index (χ0n) is 11.5. The number of nitrogens with one attached hydrogen (secondary N) is 1. The molecule has 1 unspecified atom stereocenters. The highest BCUT2D eigenvalue weighted by atomic mass is 79.9. The van der Waals surface area contributed by atoms with Crippen LogP contribution < -0.4 is 4.72 Å². The molecule has 0 spiro atoms. The number of aliphatic hydroxyl groups excluding tert-OH is 1. The van der Waals surface area contributed by atoms with Gasteiger partial charge in [-0.3, -0.25) is 0 Å². The van der Waals surface area contributed by atoms with E-state index in [1.165, 1.54) is 12.1 Å². The van der Waals surface area contributed by atoms with Crippen LogP contribution in [-0.4, -0.2) is 20.1 Å². The second-order valence-electron chi connectivity index (χ2n) is 4.92. The summed E-state index contributed by atoms with van der Waals surface area (Å²) in [5, 5.41) is 9.66. The van der Waals surface area contributed by atoms with Crippen LogP contribution in [0.3, 0.4) is 0 Å². The number of hydrogen-bond acceptors (Lipinski definition) is 3. The third-order valence-corrected chi connectivity index (χ3v) is 5.35. The molecule has 0 heterocycles. The first kappa shape index (κ1) is 16.2. The average Bonchev–Trinajstić information content (AvgIpc) is 2.48. The number of hydrogen-bond donors (Lipinski definition) is 2. The summed E-state index contributed by atoms with van der Waals surface area (Å²) < 4.78 is 28.3. The van der Waals surface area contributed by atoms with Gasteiger partial charge in [0, 0.05) is 4.47 Å². The summed E-state index contributed by atoms with van der Waals surface area (Å²) >= 11 is 3.27. The van der Waals surface area contributed by atoms with Crippen molar-refractivity contribution in [2.75, 3.05) is 6.61 Å². The summed E-state index contributed by atoms with van der Waals surface area (Å²) in [6.45, 7) is 1.31. The Balaban J connectivity index is 2.35. The fourth-order valence-electron chi connectivity index (χ4n) is 1.96. The monoisotopic (exact) mass is 369 g/mol. The van der Waals surface area contributed by atoms with Crippen LogP contribution >= 0.6 is 15.9 Å². The van der Waals surface area contributed by atoms with Crippen molar-refractivity contribution in [3.05, 3.63) is 64.6 Å². The summed E-state index contributed by atoms with van der Waals surface area (Å²) in [4.78, 5) is 0.154. The largest absolute Gasteiger partial charge is 0.394 e. The molecule has 0 aliphatic rings. The highest BCUT2D eigenvalue weighted by molar-refractivity contribution is 9.10. The number of aliphatic hydroxyl groups is 1. The fraction of sp³-hybridized carbons (Fsp3) is 0.200. The van der Waals surface area contributed by atoms with Crippen molar-refractivity contribution in [3.8, 4) is 0 Å². The Morgan fingerprint density at radius 3 is 2.19 bits per heavy atom. The molecule has 2 aromatic carbocycles. The first-order chi connectivity index (χ1) is 9.87. The second-order valence-corrected chi connectivity index (χ2v) is 7.51. The van der Waals surface area contributed by atoms with Gasteiger partial charge in [0.1, 0.15) is 0 Å². The van der Waals surface area contributed by atoms with Crippen LogP contribution in [0, 0.1) is 0 Å². The molecule has 0 aliphatic heterocycles. The molecule has 0 saturated heterocycles. The average molecular weight is 370 g/mol. The maximum Gasteiger partial charge on any atom is 0.241 e. The van der Waals surface area contributed by atoms with Gasteiger partial charge < -0.3 is 5.11 Å². The van der Waals surface area contributed by atoms with Gasteiger partial charge in [0.2, 0.25) is 10.0 Å². The molecule has 0 amide bonds. The van der Waals surface area contributed by atoms with Gasteiger partial charge in [0.05, 0.1) is 17.0 Å². The molecule has 0 fully saturated rings. The lowest BCUT2D eigenvalue weighted by molar-refractivity contribution is 0.196. The molecule has 21 heavy (non-hydrogen) atoms. The van der Waals surface area contributed by atoms with Crippen molar-refractivity contribution >= 4 is 26.0 Å². The number of halogens is 1. The minimum atomic E-state index is -3.73.